The van der Waals surface area contributed by atoms with Gasteiger partial charge in [0.2, 0.25) is 0 Å². The van der Waals surface area contributed by atoms with E-state index < -0.39 is 36.8 Å². The second-order valence-electron chi connectivity index (χ2n) is 6.34. The number of cyclic esters (lactones) is 1. The van der Waals surface area contributed by atoms with Crippen LogP contribution < -0.4 is 5.32 Å². The van der Waals surface area contributed by atoms with Gasteiger partial charge < -0.3 is 24.3 Å². The van der Waals surface area contributed by atoms with Crippen LogP contribution in [-0.2, 0) is 35.1 Å². The number of hydrogen-bond acceptors (Lipinski definition) is 7. The largest absolute Gasteiger partial charge is 0.497 e. The molecule has 2 unspecified atom stereocenters. The van der Waals surface area contributed by atoms with E-state index >= 15 is 0 Å². The Morgan fingerprint density at radius 3 is 2.40 bits per heavy atom. The molecule has 1 amide bonds. The van der Waals surface area contributed by atoms with Gasteiger partial charge in [-0.25, -0.2) is 9.59 Å². The molecule has 30 heavy (non-hydrogen) atoms. The van der Waals surface area contributed by atoms with Crippen LogP contribution in [0.25, 0.3) is 0 Å². The van der Waals surface area contributed by atoms with Crippen molar-refractivity contribution < 1.29 is 33.3 Å². The monoisotopic (exact) mass is 411 g/mol. The summed E-state index contributed by atoms with van der Waals surface area (Å²) < 4.78 is 21.0. The van der Waals surface area contributed by atoms with E-state index in [9.17, 15) is 14.4 Å². The van der Waals surface area contributed by atoms with Crippen molar-refractivity contribution in [3.05, 3.63) is 83.6 Å². The Hall–Kier alpha value is -3.81. The number of ether oxygens (including phenoxy) is 4. The van der Waals surface area contributed by atoms with Gasteiger partial charge in [-0.3, -0.25) is 4.79 Å². The molecule has 0 saturated carbocycles. The molecule has 8 heteroatoms. The van der Waals surface area contributed by atoms with E-state index in [-0.39, 0.29) is 12.4 Å². The summed E-state index contributed by atoms with van der Waals surface area (Å²) in [5.74, 6) is -1.06. The van der Waals surface area contributed by atoms with Crippen LogP contribution >= 0.6 is 0 Å². The first-order chi connectivity index (χ1) is 14.6. The second-order valence-corrected chi connectivity index (χ2v) is 6.34. The first-order valence-corrected chi connectivity index (χ1v) is 9.22. The van der Waals surface area contributed by atoms with Gasteiger partial charge >= 0.3 is 18.0 Å². The molecule has 0 fully saturated rings. The number of alkyl carbamates (subject to hydrolysis) is 1. The van der Waals surface area contributed by atoms with Crippen molar-refractivity contribution >= 4 is 18.0 Å². The van der Waals surface area contributed by atoms with E-state index in [4.69, 9.17) is 18.9 Å². The molecule has 0 bridgehead atoms. The maximum atomic E-state index is 12.3. The Bertz CT molecular complexity index is 912. The quantitative estimate of drug-likeness (QED) is 0.526. The number of carbonyl (C=O) groups excluding carboxylic acids is 3. The topological polar surface area (TPSA) is 100 Å². The molecule has 0 saturated heterocycles. The molecule has 156 valence electrons. The van der Waals surface area contributed by atoms with Gasteiger partial charge in [-0.15, -0.1) is 0 Å². The highest BCUT2D eigenvalue weighted by Crippen LogP contribution is 2.32. The standard InChI is InChI=1S/C22H21NO7/c1-27-17-12-18(24)29-21(17)20(16-10-6-3-7-11-16)30-19(25)13-23-22(26)28-14-15-8-4-2-5-9-15/h2-12,20-21H,13-14H2,1H3,(H,23,26). The molecule has 0 aliphatic carbocycles. The molecule has 3 rings (SSSR count). The molecule has 0 radical (unpaired) electrons. The predicted molar refractivity (Wildman–Crippen MR) is 105 cm³/mol. The number of esters is 2. The highest BCUT2D eigenvalue weighted by molar-refractivity contribution is 5.85. The summed E-state index contributed by atoms with van der Waals surface area (Å²) in [7, 11) is 1.40. The van der Waals surface area contributed by atoms with Crippen LogP contribution in [-0.4, -0.2) is 37.8 Å². The summed E-state index contributed by atoms with van der Waals surface area (Å²) in [4.78, 5) is 35.8. The van der Waals surface area contributed by atoms with Crippen LogP contribution in [0.2, 0.25) is 0 Å². The van der Waals surface area contributed by atoms with Crippen molar-refractivity contribution in [1.82, 2.24) is 5.32 Å². The second kappa shape index (κ2) is 10.1. The van der Waals surface area contributed by atoms with Crippen molar-refractivity contribution in [2.45, 2.75) is 18.8 Å². The van der Waals surface area contributed by atoms with Gasteiger partial charge in [-0.05, 0) is 11.1 Å². The Morgan fingerprint density at radius 2 is 1.73 bits per heavy atom. The molecule has 2 aromatic carbocycles. The van der Waals surface area contributed by atoms with E-state index in [1.165, 1.54) is 13.2 Å². The Kier molecular flexibility index (Phi) is 7.05. The third-order valence-corrected chi connectivity index (χ3v) is 4.27. The van der Waals surface area contributed by atoms with E-state index in [0.717, 1.165) is 5.56 Å². The summed E-state index contributed by atoms with van der Waals surface area (Å²) in [6.07, 6.45) is -1.40. The number of carbonyl (C=O) groups is 3. The summed E-state index contributed by atoms with van der Waals surface area (Å²) in [5, 5.41) is 2.34. The lowest BCUT2D eigenvalue weighted by Crippen LogP contribution is -2.34. The summed E-state index contributed by atoms with van der Waals surface area (Å²) in [6.45, 7) is -0.335. The average Bonchev–Trinajstić information content (AvgIpc) is 3.16. The summed E-state index contributed by atoms with van der Waals surface area (Å²) in [6, 6.07) is 18.0. The predicted octanol–water partition coefficient (Wildman–Crippen LogP) is 2.65. The third kappa shape index (κ3) is 5.60. The molecule has 2 aromatic rings. The van der Waals surface area contributed by atoms with Crippen molar-refractivity contribution in [2.24, 2.45) is 0 Å². The van der Waals surface area contributed by atoms with Crippen molar-refractivity contribution in [3.8, 4) is 0 Å². The van der Waals surface area contributed by atoms with Gasteiger partial charge in [0.1, 0.15) is 18.9 Å². The van der Waals surface area contributed by atoms with Gasteiger partial charge in [0.25, 0.3) is 0 Å². The average molecular weight is 411 g/mol. The molecule has 1 heterocycles. The number of rotatable bonds is 8. The molecule has 1 N–H and O–H groups in total. The molecule has 0 aromatic heterocycles. The fourth-order valence-corrected chi connectivity index (χ4v) is 2.85. The smallest absolute Gasteiger partial charge is 0.407 e. The van der Waals surface area contributed by atoms with Crippen LogP contribution in [0.4, 0.5) is 4.79 Å². The van der Waals surface area contributed by atoms with Crippen LogP contribution in [0, 0.1) is 0 Å². The molecular formula is C22H21NO7. The summed E-state index contributed by atoms with van der Waals surface area (Å²) >= 11 is 0. The summed E-state index contributed by atoms with van der Waals surface area (Å²) in [5.41, 5.74) is 1.43. The lowest BCUT2D eigenvalue weighted by Gasteiger charge is -2.24. The third-order valence-electron chi connectivity index (χ3n) is 4.27. The first kappa shape index (κ1) is 20.9. The zero-order chi connectivity index (χ0) is 21.3. The van der Waals surface area contributed by atoms with Crippen molar-refractivity contribution in [1.29, 1.82) is 0 Å². The first-order valence-electron chi connectivity index (χ1n) is 9.22. The van der Waals surface area contributed by atoms with E-state index in [0.29, 0.717) is 5.56 Å². The number of benzene rings is 2. The maximum Gasteiger partial charge on any atom is 0.407 e. The van der Waals surface area contributed by atoms with E-state index in [1.807, 2.05) is 30.3 Å². The number of nitrogens with one attached hydrogen (secondary N) is 1. The van der Waals surface area contributed by atoms with Crippen molar-refractivity contribution in [3.63, 3.8) is 0 Å². The minimum Gasteiger partial charge on any atom is -0.497 e. The zero-order valence-corrected chi connectivity index (χ0v) is 16.3. The Balaban J connectivity index is 1.58. The zero-order valence-electron chi connectivity index (χ0n) is 16.3. The van der Waals surface area contributed by atoms with Gasteiger partial charge in [-0.2, -0.15) is 0 Å². The number of methoxy groups -OCH3 is 1. The minimum atomic E-state index is -0.932. The van der Waals surface area contributed by atoms with E-state index in [1.54, 1.807) is 30.3 Å². The minimum absolute atomic E-state index is 0.0778. The highest BCUT2D eigenvalue weighted by atomic mass is 16.6. The Labute approximate surface area is 173 Å². The van der Waals surface area contributed by atoms with Crippen LogP contribution in [0.1, 0.15) is 17.2 Å². The molecule has 1 aliphatic heterocycles. The van der Waals surface area contributed by atoms with Crippen LogP contribution in [0.15, 0.2) is 72.5 Å². The van der Waals surface area contributed by atoms with Gasteiger partial charge in [-0.1, -0.05) is 60.7 Å². The number of hydrogen-bond donors (Lipinski definition) is 1. The van der Waals surface area contributed by atoms with Crippen LogP contribution in [0.5, 0.6) is 0 Å². The lowest BCUT2D eigenvalue weighted by atomic mass is 10.0. The number of amides is 1. The lowest BCUT2D eigenvalue weighted by molar-refractivity contribution is -0.161. The fraction of sp³-hybridized carbons (Fsp3) is 0.227. The van der Waals surface area contributed by atoms with Crippen LogP contribution in [0.3, 0.4) is 0 Å². The molecule has 0 spiro atoms. The Morgan fingerprint density at radius 1 is 1.07 bits per heavy atom. The maximum absolute atomic E-state index is 12.3. The van der Waals surface area contributed by atoms with Gasteiger partial charge in [0.15, 0.2) is 12.2 Å². The highest BCUT2D eigenvalue weighted by Gasteiger charge is 2.38. The molecule has 2 atom stereocenters. The molecule has 1 aliphatic rings. The van der Waals surface area contributed by atoms with Gasteiger partial charge in [0, 0.05) is 0 Å². The van der Waals surface area contributed by atoms with Gasteiger partial charge in [0.05, 0.1) is 13.2 Å². The molecular weight excluding hydrogens is 390 g/mol. The SMILES string of the molecule is COC1=CC(=O)OC1C(OC(=O)CNC(=O)OCc1ccccc1)c1ccccc1. The fourth-order valence-electron chi connectivity index (χ4n) is 2.85. The molecule has 8 nitrogen and oxygen atoms in total. The van der Waals surface area contributed by atoms with E-state index in [2.05, 4.69) is 5.32 Å². The normalized spacial score (nSPS) is 16.1. The van der Waals surface area contributed by atoms with Crippen molar-refractivity contribution in [2.75, 3.05) is 13.7 Å².